The van der Waals surface area contributed by atoms with E-state index in [2.05, 4.69) is 60.0 Å². The topological polar surface area (TPSA) is 102 Å². The lowest BCUT2D eigenvalue weighted by atomic mass is 9.68. The fourth-order valence-corrected chi connectivity index (χ4v) is 4.71. The van der Waals surface area contributed by atoms with Crippen LogP contribution in [0.4, 0.5) is 5.95 Å². The number of nitrogens with two attached hydrogens (primary N) is 1. The molecule has 2 aromatic heterocycles. The van der Waals surface area contributed by atoms with Crippen LogP contribution in [-0.2, 0) is 15.3 Å². The van der Waals surface area contributed by atoms with Crippen LogP contribution in [0.15, 0.2) is 66.0 Å². The van der Waals surface area contributed by atoms with Crippen LogP contribution in [0.5, 0.6) is 0 Å². The van der Waals surface area contributed by atoms with E-state index in [9.17, 15) is 8.42 Å². The molecule has 0 aliphatic carbocycles. The maximum absolute atomic E-state index is 11.9. The zero-order chi connectivity index (χ0) is 22.4. The summed E-state index contributed by atoms with van der Waals surface area (Å²) in [6.07, 6.45) is 6.67. The van der Waals surface area contributed by atoms with Crippen LogP contribution in [0.25, 0.3) is 22.0 Å². The monoisotopic (exact) mass is 434 g/mol. The number of hydrogen-bond donors (Lipinski definition) is 2. The zero-order valence-corrected chi connectivity index (χ0v) is 18.9. The summed E-state index contributed by atoms with van der Waals surface area (Å²) in [7, 11) is -3.26. The molecule has 0 amide bonds. The number of nitrogens with one attached hydrogen (secondary N) is 1. The molecule has 4 aromatic rings. The number of hydrogen-bond acceptors (Lipinski definition) is 5. The first-order chi connectivity index (χ1) is 14.6. The van der Waals surface area contributed by atoms with Gasteiger partial charge < -0.3 is 10.7 Å². The van der Waals surface area contributed by atoms with Crippen LogP contribution in [0.3, 0.4) is 0 Å². The van der Waals surface area contributed by atoms with Gasteiger partial charge in [0.2, 0.25) is 5.95 Å². The molecule has 31 heavy (non-hydrogen) atoms. The summed E-state index contributed by atoms with van der Waals surface area (Å²) in [5.41, 5.74) is 10.4. The minimum atomic E-state index is -3.26. The molecule has 1 unspecified atom stereocenters. The number of fused-ring (bicyclic) bond motifs is 1. The highest BCUT2D eigenvalue weighted by atomic mass is 32.2. The lowest BCUT2D eigenvalue weighted by molar-refractivity contribution is 0.408. The molecule has 0 saturated carbocycles. The lowest BCUT2D eigenvalue weighted by Crippen LogP contribution is -2.29. The predicted molar refractivity (Wildman–Crippen MR) is 125 cm³/mol. The number of aromatic nitrogens is 3. The molecular formula is C24H26N4O2S. The van der Waals surface area contributed by atoms with Crippen molar-refractivity contribution in [2.45, 2.75) is 31.1 Å². The Morgan fingerprint density at radius 2 is 1.65 bits per heavy atom. The minimum absolute atomic E-state index is 0.256. The predicted octanol–water partition coefficient (Wildman–Crippen LogP) is 4.57. The van der Waals surface area contributed by atoms with Crippen molar-refractivity contribution in [1.29, 1.82) is 0 Å². The van der Waals surface area contributed by atoms with Crippen LogP contribution >= 0.6 is 0 Å². The summed E-state index contributed by atoms with van der Waals surface area (Å²) >= 11 is 0. The van der Waals surface area contributed by atoms with Gasteiger partial charge in [0.25, 0.3) is 0 Å². The molecule has 160 valence electrons. The average Bonchev–Trinajstić information content (AvgIpc) is 3.17. The van der Waals surface area contributed by atoms with Crippen molar-refractivity contribution < 1.29 is 8.42 Å². The number of anilines is 1. The number of nitrogen functional groups attached to an aromatic ring is 1. The van der Waals surface area contributed by atoms with Gasteiger partial charge in [-0.15, -0.1) is 0 Å². The number of nitrogens with zero attached hydrogens (tertiary/aromatic N) is 2. The Balaban J connectivity index is 1.80. The molecule has 6 nitrogen and oxygen atoms in total. The maximum Gasteiger partial charge on any atom is 0.219 e. The first kappa shape index (κ1) is 21.1. The molecule has 7 heteroatoms. The second-order valence-electron chi connectivity index (χ2n) is 8.45. The third-order valence-electron chi connectivity index (χ3n) is 6.29. The van der Waals surface area contributed by atoms with Gasteiger partial charge in [-0.05, 0) is 34.7 Å². The summed E-state index contributed by atoms with van der Waals surface area (Å²) < 4.78 is 23.9. The molecule has 0 spiro atoms. The van der Waals surface area contributed by atoms with Crippen LogP contribution in [0.2, 0.25) is 0 Å². The molecule has 0 saturated heterocycles. The summed E-state index contributed by atoms with van der Waals surface area (Å²) in [5.74, 6) is 0.554. The Hall–Kier alpha value is -3.19. The van der Waals surface area contributed by atoms with Gasteiger partial charge in [-0.1, -0.05) is 51.1 Å². The fourth-order valence-electron chi connectivity index (χ4n) is 4.06. The number of aromatic amines is 1. The highest BCUT2D eigenvalue weighted by Crippen LogP contribution is 2.42. The summed E-state index contributed by atoms with van der Waals surface area (Å²) in [6.45, 7) is 6.63. The zero-order valence-electron chi connectivity index (χ0n) is 18.0. The summed E-state index contributed by atoms with van der Waals surface area (Å²) in [4.78, 5) is 11.7. The van der Waals surface area contributed by atoms with Crippen molar-refractivity contribution in [3.05, 3.63) is 72.2 Å². The van der Waals surface area contributed by atoms with E-state index in [-0.39, 0.29) is 11.4 Å². The smallest absolute Gasteiger partial charge is 0.219 e. The SMILES string of the molecule is CC(C)C(C)(c1ccc(-c2cnc(N)nc2)cc1)c1c[nH]c2cc(S(C)(=O)=O)ccc12. The highest BCUT2D eigenvalue weighted by molar-refractivity contribution is 7.90. The second kappa shape index (κ2) is 7.50. The molecule has 0 aliphatic heterocycles. The molecule has 4 rings (SSSR count). The Kier molecular flexibility index (Phi) is 5.09. The standard InChI is InChI=1S/C24H26N4O2S/c1-15(2)24(3,18-7-5-16(6-8-18)17-12-27-23(25)28-13-17)21-14-26-22-11-19(31(4,29)30)9-10-20(21)22/h5-15,26H,1-4H3,(H2,25,27,28). The van der Waals surface area contributed by atoms with Crippen molar-refractivity contribution in [2.24, 2.45) is 5.92 Å². The molecule has 2 heterocycles. The van der Waals surface area contributed by atoms with Gasteiger partial charge in [0.05, 0.1) is 4.90 Å². The van der Waals surface area contributed by atoms with Crippen molar-refractivity contribution in [1.82, 2.24) is 15.0 Å². The summed E-state index contributed by atoms with van der Waals surface area (Å²) in [5, 5.41) is 1.03. The lowest BCUT2D eigenvalue weighted by Gasteiger charge is -2.35. The number of benzene rings is 2. The van der Waals surface area contributed by atoms with Crippen molar-refractivity contribution in [3.63, 3.8) is 0 Å². The fraction of sp³-hybridized carbons (Fsp3) is 0.250. The average molecular weight is 435 g/mol. The second-order valence-corrected chi connectivity index (χ2v) is 10.5. The first-order valence-electron chi connectivity index (χ1n) is 10.1. The van der Waals surface area contributed by atoms with E-state index >= 15 is 0 Å². The quantitative estimate of drug-likeness (QED) is 0.479. The van der Waals surface area contributed by atoms with E-state index in [1.807, 2.05) is 12.3 Å². The highest BCUT2D eigenvalue weighted by Gasteiger charge is 2.34. The molecular weight excluding hydrogens is 408 g/mol. The van der Waals surface area contributed by atoms with Crippen LogP contribution in [0.1, 0.15) is 31.9 Å². The minimum Gasteiger partial charge on any atom is -0.368 e. The van der Waals surface area contributed by atoms with Crippen molar-refractivity contribution >= 4 is 26.7 Å². The molecule has 2 aromatic carbocycles. The first-order valence-corrected chi connectivity index (χ1v) is 12.0. The van der Waals surface area contributed by atoms with Gasteiger partial charge in [-0.3, -0.25) is 0 Å². The van der Waals surface area contributed by atoms with E-state index in [1.54, 1.807) is 24.5 Å². The largest absolute Gasteiger partial charge is 0.368 e. The third-order valence-corrected chi connectivity index (χ3v) is 7.40. The van der Waals surface area contributed by atoms with Gasteiger partial charge in [-0.25, -0.2) is 18.4 Å². The van der Waals surface area contributed by atoms with E-state index in [0.717, 1.165) is 27.6 Å². The normalized spacial score (nSPS) is 14.1. The Morgan fingerprint density at radius 3 is 2.23 bits per heavy atom. The van der Waals surface area contributed by atoms with Gasteiger partial charge >= 0.3 is 0 Å². The van der Waals surface area contributed by atoms with Crippen LogP contribution < -0.4 is 5.73 Å². The number of rotatable bonds is 5. The number of H-pyrrole nitrogens is 1. The van der Waals surface area contributed by atoms with E-state index in [1.165, 1.54) is 11.8 Å². The van der Waals surface area contributed by atoms with Gasteiger partial charge in [-0.2, -0.15) is 0 Å². The Bertz CT molecular complexity index is 1340. The Labute approximate surface area is 182 Å². The third kappa shape index (κ3) is 3.70. The number of sulfone groups is 1. The molecule has 0 radical (unpaired) electrons. The summed E-state index contributed by atoms with van der Waals surface area (Å²) in [6, 6.07) is 13.7. The molecule has 0 aliphatic rings. The van der Waals surface area contributed by atoms with E-state index < -0.39 is 9.84 Å². The van der Waals surface area contributed by atoms with Crippen LogP contribution in [0, 0.1) is 5.92 Å². The molecule has 3 N–H and O–H groups in total. The van der Waals surface area contributed by atoms with E-state index in [4.69, 9.17) is 5.73 Å². The molecule has 0 bridgehead atoms. The van der Waals surface area contributed by atoms with Crippen molar-refractivity contribution in [3.8, 4) is 11.1 Å². The van der Waals surface area contributed by atoms with Crippen molar-refractivity contribution in [2.75, 3.05) is 12.0 Å². The van der Waals surface area contributed by atoms with Crippen LogP contribution in [-0.4, -0.2) is 29.6 Å². The Morgan fingerprint density at radius 1 is 1.00 bits per heavy atom. The molecule has 1 atom stereocenters. The van der Waals surface area contributed by atoms with Gasteiger partial charge in [0.15, 0.2) is 9.84 Å². The molecule has 0 fully saturated rings. The maximum atomic E-state index is 11.9. The van der Waals surface area contributed by atoms with Gasteiger partial charge in [0.1, 0.15) is 0 Å². The van der Waals surface area contributed by atoms with Gasteiger partial charge in [0, 0.05) is 46.7 Å². The van der Waals surface area contributed by atoms with E-state index in [0.29, 0.717) is 10.8 Å².